The first kappa shape index (κ1) is 16.5. The van der Waals surface area contributed by atoms with Crippen molar-refractivity contribution in [1.82, 2.24) is 10.2 Å². The second kappa shape index (κ2) is 8.52. The Morgan fingerprint density at radius 1 is 1.29 bits per heavy atom. The van der Waals surface area contributed by atoms with Crippen molar-refractivity contribution in [2.45, 2.75) is 52.1 Å². The van der Waals surface area contributed by atoms with E-state index < -0.39 is 0 Å². The van der Waals surface area contributed by atoms with Gasteiger partial charge in [0.15, 0.2) is 0 Å². The summed E-state index contributed by atoms with van der Waals surface area (Å²) in [7, 11) is 0. The van der Waals surface area contributed by atoms with Crippen molar-refractivity contribution in [2.75, 3.05) is 26.2 Å². The third-order valence-electron chi connectivity index (χ3n) is 4.79. The average Bonchev–Trinajstić information content (AvgIpc) is 2.94. The first-order valence-electron chi connectivity index (χ1n) is 8.33. The van der Waals surface area contributed by atoms with Crippen molar-refractivity contribution < 1.29 is 5.11 Å². The van der Waals surface area contributed by atoms with E-state index in [-0.39, 0.29) is 0 Å². The molecule has 3 heteroatoms. The predicted octanol–water partition coefficient (Wildman–Crippen LogP) is 2.63. The van der Waals surface area contributed by atoms with Crippen LogP contribution in [0.2, 0.25) is 0 Å². The quantitative estimate of drug-likeness (QED) is 0.723. The summed E-state index contributed by atoms with van der Waals surface area (Å²) in [5, 5.41) is 12.9. The fourth-order valence-corrected chi connectivity index (χ4v) is 3.19. The molecule has 1 heterocycles. The van der Waals surface area contributed by atoms with E-state index in [2.05, 4.69) is 42.3 Å². The molecule has 1 aliphatic heterocycles. The molecule has 3 nitrogen and oxygen atoms in total. The molecule has 0 spiro atoms. The Balaban J connectivity index is 1.59. The molecule has 0 aliphatic carbocycles. The van der Waals surface area contributed by atoms with Gasteiger partial charge >= 0.3 is 0 Å². The maximum absolute atomic E-state index is 9.30. The van der Waals surface area contributed by atoms with E-state index in [1.807, 2.05) is 0 Å². The minimum atomic E-state index is 0.324. The molecule has 2 N–H and O–H groups in total. The van der Waals surface area contributed by atoms with Gasteiger partial charge in [-0.25, -0.2) is 0 Å². The molecular formula is C18H30N2O. The summed E-state index contributed by atoms with van der Waals surface area (Å²) < 4.78 is 0. The zero-order valence-electron chi connectivity index (χ0n) is 13.6. The van der Waals surface area contributed by atoms with E-state index >= 15 is 0 Å². The molecule has 118 valence electrons. The molecule has 1 aromatic carbocycles. The number of aryl methyl sites for hydroxylation is 1. The lowest BCUT2D eigenvalue weighted by Crippen LogP contribution is -2.33. The van der Waals surface area contributed by atoms with Crippen molar-refractivity contribution in [3.8, 4) is 0 Å². The molecule has 0 radical (unpaired) electrons. The predicted molar refractivity (Wildman–Crippen MR) is 88.5 cm³/mol. The third kappa shape index (κ3) is 4.80. The summed E-state index contributed by atoms with van der Waals surface area (Å²) in [6.07, 6.45) is 4.84. The lowest BCUT2D eigenvalue weighted by atomic mass is 10.0. The van der Waals surface area contributed by atoms with Crippen LogP contribution in [-0.2, 0) is 6.54 Å². The Hall–Kier alpha value is -0.900. The van der Waals surface area contributed by atoms with Crippen LogP contribution in [0.4, 0.5) is 0 Å². The smallest absolute Gasteiger partial charge is 0.0586 e. The van der Waals surface area contributed by atoms with Gasteiger partial charge in [0.1, 0.15) is 0 Å². The van der Waals surface area contributed by atoms with Crippen LogP contribution in [0.3, 0.4) is 0 Å². The van der Waals surface area contributed by atoms with Crippen LogP contribution in [0.15, 0.2) is 18.2 Å². The largest absolute Gasteiger partial charge is 0.395 e. The summed E-state index contributed by atoms with van der Waals surface area (Å²) in [5.74, 6) is 0. The second-order valence-electron chi connectivity index (χ2n) is 6.26. The Bertz CT molecular complexity index is 433. The van der Waals surface area contributed by atoms with E-state index in [0.717, 1.165) is 19.6 Å². The number of unbranched alkanes of at least 4 members (excludes halogenated alkanes) is 1. The van der Waals surface area contributed by atoms with Crippen LogP contribution in [0.25, 0.3) is 0 Å². The normalized spacial score (nSPS) is 19.3. The molecule has 1 fully saturated rings. The monoisotopic (exact) mass is 290 g/mol. The van der Waals surface area contributed by atoms with E-state index in [4.69, 9.17) is 0 Å². The molecule has 0 aromatic heterocycles. The maximum Gasteiger partial charge on any atom is 0.0586 e. The first-order chi connectivity index (χ1) is 10.2. The Morgan fingerprint density at radius 2 is 2.14 bits per heavy atom. The van der Waals surface area contributed by atoms with Gasteiger partial charge in [-0.2, -0.15) is 0 Å². The van der Waals surface area contributed by atoms with Crippen LogP contribution >= 0.6 is 0 Å². The highest BCUT2D eigenvalue weighted by molar-refractivity contribution is 5.32. The van der Waals surface area contributed by atoms with Gasteiger partial charge in [0.2, 0.25) is 0 Å². The van der Waals surface area contributed by atoms with Gasteiger partial charge in [-0.05, 0) is 75.9 Å². The Kier molecular flexibility index (Phi) is 6.68. The Labute approximate surface area is 129 Å². The molecule has 0 bridgehead atoms. The highest BCUT2D eigenvalue weighted by Gasteiger charge is 2.22. The molecule has 0 amide bonds. The molecule has 1 unspecified atom stereocenters. The number of aliphatic hydroxyl groups is 1. The molecule has 21 heavy (non-hydrogen) atoms. The Morgan fingerprint density at radius 3 is 2.95 bits per heavy atom. The minimum absolute atomic E-state index is 0.324. The number of aliphatic hydroxyl groups excluding tert-OH is 1. The molecule has 1 saturated heterocycles. The van der Waals surface area contributed by atoms with E-state index in [0.29, 0.717) is 12.6 Å². The van der Waals surface area contributed by atoms with Gasteiger partial charge in [0.05, 0.1) is 6.61 Å². The molecular weight excluding hydrogens is 260 g/mol. The van der Waals surface area contributed by atoms with Crippen molar-refractivity contribution in [2.24, 2.45) is 0 Å². The third-order valence-corrected chi connectivity index (χ3v) is 4.79. The summed E-state index contributed by atoms with van der Waals surface area (Å²) in [4.78, 5) is 2.45. The number of nitrogens with zero attached hydrogens (tertiary/aromatic N) is 1. The minimum Gasteiger partial charge on any atom is -0.395 e. The number of likely N-dealkylation sites (tertiary alicyclic amines) is 1. The highest BCUT2D eigenvalue weighted by Crippen LogP contribution is 2.17. The van der Waals surface area contributed by atoms with Gasteiger partial charge in [-0.3, -0.25) is 4.90 Å². The van der Waals surface area contributed by atoms with Gasteiger partial charge in [-0.1, -0.05) is 18.2 Å². The zero-order valence-corrected chi connectivity index (χ0v) is 13.6. The lowest BCUT2D eigenvalue weighted by Gasteiger charge is -2.22. The molecule has 1 atom stereocenters. The molecule has 1 aromatic rings. The summed E-state index contributed by atoms with van der Waals surface area (Å²) in [5.41, 5.74) is 4.20. The SMILES string of the molecule is Cc1cccc(CNCCCCN2CCCC2CO)c1C. The fourth-order valence-electron chi connectivity index (χ4n) is 3.19. The topological polar surface area (TPSA) is 35.5 Å². The van der Waals surface area contributed by atoms with Gasteiger partial charge < -0.3 is 10.4 Å². The first-order valence-corrected chi connectivity index (χ1v) is 8.33. The highest BCUT2D eigenvalue weighted by atomic mass is 16.3. The van der Waals surface area contributed by atoms with E-state index in [9.17, 15) is 5.11 Å². The van der Waals surface area contributed by atoms with Crippen molar-refractivity contribution >= 4 is 0 Å². The standard InChI is InChI=1S/C18H30N2O/c1-15-7-5-8-17(16(15)2)13-19-10-3-4-11-20-12-6-9-18(20)14-21/h5,7-8,18-19,21H,3-4,6,9-14H2,1-2H3. The van der Waals surface area contributed by atoms with Crippen LogP contribution < -0.4 is 5.32 Å². The summed E-state index contributed by atoms with van der Waals surface area (Å²) in [6, 6.07) is 6.95. The maximum atomic E-state index is 9.30. The van der Waals surface area contributed by atoms with E-state index in [1.54, 1.807) is 0 Å². The van der Waals surface area contributed by atoms with Crippen LogP contribution in [-0.4, -0.2) is 42.3 Å². The number of hydrogen-bond acceptors (Lipinski definition) is 3. The molecule has 1 aliphatic rings. The summed E-state index contributed by atoms with van der Waals surface area (Å²) in [6.45, 7) is 9.05. The number of benzene rings is 1. The van der Waals surface area contributed by atoms with Crippen molar-refractivity contribution in [3.05, 3.63) is 34.9 Å². The van der Waals surface area contributed by atoms with Crippen LogP contribution in [0.1, 0.15) is 42.4 Å². The lowest BCUT2D eigenvalue weighted by molar-refractivity contribution is 0.157. The molecule has 0 saturated carbocycles. The fraction of sp³-hybridized carbons (Fsp3) is 0.667. The van der Waals surface area contributed by atoms with E-state index in [1.165, 1.54) is 48.9 Å². The van der Waals surface area contributed by atoms with Gasteiger partial charge in [-0.15, -0.1) is 0 Å². The van der Waals surface area contributed by atoms with Crippen LogP contribution in [0.5, 0.6) is 0 Å². The molecule has 2 rings (SSSR count). The van der Waals surface area contributed by atoms with Crippen LogP contribution in [0, 0.1) is 13.8 Å². The average molecular weight is 290 g/mol. The van der Waals surface area contributed by atoms with Crippen molar-refractivity contribution in [3.63, 3.8) is 0 Å². The number of hydrogen-bond donors (Lipinski definition) is 2. The summed E-state index contributed by atoms with van der Waals surface area (Å²) >= 11 is 0. The van der Waals surface area contributed by atoms with Gasteiger partial charge in [0.25, 0.3) is 0 Å². The zero-order chi connectivity index (χ0) is 15.1. The number of nitrogens with one attached hydrogen (secondary N) is 1. The number of rotatable bonds is 8. The van der Waals surface area contributed by atoms with Gasteiger partial charge in [0, 0.05) is 12.6 Å². The second-order valence-corrected chi connectivity index (χ2v) is 6.26. The van der Waals surface area contributed by atoms with Crippen molar-refractivity contribution in [1.29, 1.82) is 0 Å².